The molecule has 2 aliphatic heterocycles. The zero-order valence-electron chi connectivity index (χ0n) is 16.6. The Labute approximate surface area is 163 Å². The van der Waals surface area contributed by atoms with E-state index >= 15 is 0 Å². The minimum Gasteiger partial charge on any atom is -0.494 e. The predicted octanol–water partition coefficient (Wildman–Crippen LogP) is 3.01. The second-order valence-corrected chi connectivity index (χ2v) is 7.86. The van der Waals surface area contributed by atoms with Gasteiger partial charge in [-0.05, 0) is 75.0 Å². The van der Waals surface area contributed by atoms with Crippen molar-refractivity contribution in [3.63, 3.8) is 0 Å². The van der Waals surface area contributed by atoms with E-state index in [9.17, 15) is 4.79 Å². The Morgan fingerprint density at radius 2 is 1.85 bits per heavy atom. The van der Waals surface area contributed by atoms with E-state index in [2.05, 4.69) is 24.3 Å². The van der Waals surface area contributed by atoms with Crippen molar-refractivity contribution in [3.05, 3.63) is 29.8 Å². The maximum atomic E-state index is 12.7. The Morgan fingerprint density at radius 3 is 2.48 bits per heavy atom. The van der Waals surface area contributed by atoms with Crippen molar-refractivity contribution in [2.24, 2.45) is 17.6 Å². The van der Waals surface area contributed by atoms with Crippen molar-refractivity contribution in [2.75, 3.05) is 32.9 Å². The fourth-order valence-electron chi connectivity index (χ4n) is 4.22. The fraction of sp³-hybridized carbons (Fsp3) is 0.682. The third-order valence-electron chi connectivity index (χ3n) is 6.06. The summed E-state index contributed by atoms with van der Waals surface area (Å²) in [5.74, 6) is 2.06. The van der Waals surface area contributed by atoms with Gasteiger partial charge >= 0.3 is 0 Å². The molecule has 1 unspecified atom stereocenters. The molecule has 1 atom stereocenters. The lowest BCUT2D eigenvalue weighted by Crippen LogP contribution is -2.51. The van der Waals surface area contributed by atoms with Gasteiger partial charge in [0.15, 0.2) is 0 Å². The van der Waals surface area contributed by atoms with Gasteiger partial charge in [0, 0.05) is 26.3 Å². The molecule has 2 N–H and O–H groups in total. The molecule has 0 saturated carbocycles. The first-order chi connectivity index (χ1) is 13.2. The molecule has 3 rings (SSSR count). The van der Waals surface area contributed by atoms with E-state index in [0.29, 0.717) is 12.5 Å². The number of ether oxygens (including phenoxy) is 2. The van der Waals surface area contributed by atoms with Gasteiger partial charge in [0.05, 0.1) is 12.6 Å². The molecule has 0 spiro atoms. The minimum absolute atomic E-state index is 0.145. The average molecular weight is 375 g/mol. The molecule has 2 aliphatic rings. The van der Waals surface area contributed by atoms with Crippen LogP contribution in [0.4, 0.5) is 0 Å². The first kappa shape index (κ1) is 20.2. The van der Waals surface area contributed by atoms with E-state index in [1.165, 1.54) is 12.0 Å². The van der Waals surface area contributed by atoms with E-state index in [4.69, 9.17) is 15.2 Å². The maximum Gasteiger partial charge on any atom is 0.239 e. The van der Waals surface area contributed by atoms with E-state index in [1.54, 1.807) is 0 Å². The van der Waals surface area contributed by atoms with E-state index in [1.807, 2.05) is 11.8 Å². The molecule has 0 aliphatic carbocycles. The molecule has 2 heterocycles. The molecule has 1 aromatic rings. The standard InChI is InChI=1S/C22H34N2O3/c1-2-27-20-7-5-17(6-8-20)3-4-18-9-13-24(14-10-18)22(25)21(23)19-11-15-26-16-12-19/h5-8,18-19,21H,2-4,9-16,23H2,1H3. The lowest BCUT2D eigenvalue weighted by atomic mass is 9.88. The van der Waals surface area contributed by atoms with Crippen molar-refractivity contribution < 1.29 is 14.3 Å². The van der Waals surface area contributed by atoms with E-state index in [0.717, 1.165) is 64.2 Å². The summed E-state index contributed by atoms with van der Waals surface area (Å²) >= 11 is 0. The Balaban J connectivity index is 1.39. The number of hydrogen-bond acceptors (Lipinski definition) is 4. The number of aryl methyl sites for hydroxylation is 1. The number of carbonyl (C=O) groups is 1. The Bertz CT molecular complexity index is 576. The molecular formula is C22H34N2O3. The summed E-state index contributed by atoms with van der Waals surface area (Å²) in [5.41, 5.74) is 7.63. The van der Waals surface area contributed by atoms with Crippen LogP contribution in [0.25, 0.3) is 0 Å². The summed E-state index contributed by atoms with van der Waals surface area (Å²) in [6, 6.07) is 8.08. The summed E-state index contributed by atoms with van der Waals surface area (Å²) in [6.07, 6.45) is 6.26. The fourth-order valence-corrected chi connectivity index (χ4v) is 4.22. The molecule has 5 nitrogen and oxygen atoms in total. The lowest BCUT2D eigenvalue weighted by Gasteiger charge is -2.36. The van der Waals surface area contributed by atoms with Crippen molar-refractivity contribution in [2.45, 2.75) is 51.5 Å². The number of rotatable bonds is 7. The second kappa shape index (κ2) is 10.1. The second-order valence-electron chi connectivity index (χ2n) is 7.86. The highest BCUT2D eigenvalue weighted by atomic mass is 16.5. The van der Waals surface area contributed by atoms with Crippen molar-refractivity contribution in [3.8, 4) is 5.75 Å². The topological polar surface area (TPSA) is 64.8 Å². The van der Waals surface area contributed by atoms with Crippen LogP contribution in [0, 0.1) is 11.8 Å². The number of likely N-dealkylation sites (tertiary alicyclic amines) is 1. The van der Waals surface area contributed by atoms with Crippen LogP contribution in [0.1, 0.15) is 44.6 Å². The summed E-state index contributed by atoms with van der Waals surface area (Å²) in [6.45, 7) is 5.88. The van der Waals surface area contributed by atoms with Crippen LogP contribution in [0.15, 0.2) is 24.3 Å². The number of carbonyl (C=O) groups excluding carboxylic acids is 1. The first-order valence-corrected chi connectivity index (χ1v) is 10.5. The van der Waals surface area contributed by atoms with Crippen LogP contribution in [0.5, 0.6) is 5.75 Å². The number of nitrogens with two attached hydrogens (primary N) is 1. The van der Waals surface area contributed by atoms with Gasteiger partial charge in [0.1, 0.15) is 5.75 Å². The third kappa shape index (κ3) is 5.69. The number of nitrogens with zero attached hydrogens (tertiary/aromatic N) is 1. The lowest BCUT2D eigenvalue weighted by molar-refractivity contribution is -0.136. The maximum absolute atomic E-state index is 12.7. The van der Waals surface area contributed by atoms with E-state index < -0.39 is 0 Å². The zero-order valence-corrected chi connectivity index (χ0v) is 16.6. The number of benzene rings is 1. The summed E-state index contributed by atoms with van der Waals surface area (Å²) < 4.78 is 10.9. The number of amides is 1. The molecule has 5 heteroatoms. The van der Waals surface area contributed by atoms with Gasteiger partial charge in [-0.2, -0.15) is 0 Å². The van der Waals surface area contributed by atoms with Gasteiger partial charge < -0.3 is 20.1 Å². The van der Waals surface area contributed by atoms with Gasteiger partial charge in [0.2, 0.25) is 5.91 Å². The average Bonchev–Trinajstić information content (AvgIpc) is 2.73. The quantitative estimate of drug-likeness (QED) is 0.797. The largest absolute Gasteiger partial charge is 0.494 e. The molecule has 27 heavy (non-hydrogen) atoms. The molecule has 2 saturated heterocycles. The molecule has 0 bridgehead atoms. The Kier molecular flexibility index (Phi) is 7.53. The van der Waals surface area contributed by atoms with Crippen LogP contribution in [-0.2, 0) is 16.0 Å². The van der Waals surface area contributed by atoms with Crippen molar-refractivity contribution in [1.29, 1.82) is 0 Å². The van der Waals surface area contributed by atoms with Gasteiger partial charge in [-0.15, -0.1) is 0 Å². The zero-order chi connectivity index (χ0) is 19.1. The first-order valence-electron chi connectivity index (χ1n) is 10.5. The van der Waals surface area contributed by atoms with Crippen molar-refractivity contribution in [1.82, 2.24) is 4.90 Å². The molecule has 2 fully saturated rings. The number of piperidine rings is 1. The highest BCUT2D eigenvalue weighted by Gasteiger charge is 2.31. The van der Waals surface area contributed by atoms with Crippen molar-refractivity contribution >= 4 is 5.91 Å². The van der Waals surface area contributed by atoms with Gasteiger partial charge in [-0.25, -0.2) is 0 Å². The van der Waals surface area contributed by atoms with E-state index in [-0.39, 0.29) is 17.9 Å². The van der Waals surface area contributed by atoms with Crippen LogP contribution in [0.3, 0.4) is 0 Å². The van der Waals surface area contributed by atoms with Crippen LogP contribution in [0.2, 0.25) is 0 Å². The summed E-state index contributed by atoms with van der Waals surface area (Å²) in [7, 11) is 0. The van der Waals surface area contributed by atoms with Crippen LogP contribution in [-0.4, -0.2) is 49.8 Å². The third-order valence-corrected chi connectivity index (χ3v) is 6.06. The summed E-state index contributed by atoms with van der Waals surface area (Å²) in [5, 5.41) is 0. The SMILES string of the molecule is CCOc1ccc(CCC2CCN(C(=O)C(N)C3CCOCC3)CC2)cc1. The highest BCUT2D eigenvalue weighted by Crippen LogP contribution is 2.25. The molecule has 0 aromatic heterocycles. The molecular weight excluding hydrogens is 340 g/mol. The minimum atomic E-state index is -0.352. The van der Waals surface area contributed by atoms with Crippen LogP contribution < -0.4 is 10.5 Å². The summed E-state index contributed by atoms with van der Waals surface area (Å²) in [4.78, 5) is 14.7. The highest BCUT2D eigenvalue weighted by molar-refractivity contribution is 5.82. The predicted molar refractivity (Wildman–Crippen MR) is 107 cm³/mol. The van der Waals surface area contributed by atoms with Crippen LogP contribution >= 0.6 is 0 Å². The number of hydrogen-bond donors (Lipinski definition) is 1. The Morgan fingerprint density at radius 1 is 1.19 bits per heavy atom. The van der Waals surface area contributed by atoms with Gasteiger partial charge in [-0.3, -0.25) is 4.79 Å². The molecule has 0 radical (unpaired) electrons. The molecule has 1 aromatic carbocycles. The molecule has 150 valence electrons. The normalized spacial score (nSPS) is 20.4. The monoisotopic (exact) mass is 374 g/mol. The van der Waals surface area contributed by atoms with Gasteiger partial charge in [-0.1, -0.05) is 12.1 Å². The van der Waals surface area contributed by atoms with Gasteiger partial charge in [0.25, 0.3) is 0 Å². The molecule has 1 amide bonds. The smallest absolute Gasteiger partial charge is 0.239 e. The Hall–Kier alpha value is -1.59.